The molecule has 1 aliphatic rings. The van der Waals surface area contributed by atoms with Crippen molar-refractivity contribution >= 4 is 27.8 Å². The molecular formula is C24H23N3O7S. The molecule has 4 rings (SSSR count). The Morgan fingerprint density at radius 3 is 2.54 bits per heavy atom. The summed E-state index contributed by atoms with van der Waals surface area (Å²) in [5.74, 6) is 1.19. The summed E-state index contributed by atoms with van der Waals surface area (Å²) in [6.07, 6.45) is 1.42. The van der Waals surface area contributed by atoms with Gasteiger partial charge in [-0.1, -0.05) is 18.2 Å². The minimum Gasteiger partial charge on any atom is -0.497 e. The van der Waals surface area contributed by atoms with E-state index in [1.165, 1.54) is 38.6 Å². The third-order valence-corrected chi connectivity index (χ3v) is 6.85. The molecule has 0 bridgehead atoms. The van der Waals surface area contributed by atoms with Gasteiger partial charge in [0.2, 0.25) is 6.79 Å². The molecule has 0 fully saturated rings. The molecule has 0 atom stereocenters. The highest BCUT2D eigenvalue weighted by molar-refractivity contribution is 7.92. The fourth-order valence-electron chi connectivity index (χ4n) is 3.35. The number of fused-ring (bicyclic) bond motifs is 1. The number of hydrogen-bond donors (Lipinski definition) is 1. The van der Waals surface area contributed by atoms with Crippen LogP contribution in [0.3, 0.4) is 0 Å². The predicted octanol–water partition coefficient (Wildman–Crippen LogP) is 2.78. The molecule has 1 aliphatic heterocycles. The lowest BCUT2D eigenvalue weighted by molar-refractivity contribution is -0.119. The van der Waals surface area contributed by atoms with Crippen molar-refractivity contribution < 1.29 is 32.2 Å². The number of ether oxygens (including phenoxy) is 4. The zero-order valence-electron chi connectivity index (χ0n) is 19.0. The number of hydrazone groups is 1. The highest BCUT2D eigenvalue weighted by Crippen LogP contribution is 2.35. The van der Waals surface area contributed by atoms with Gasteiger partial charge in [-0.05, 0) is 48.0 Å². The van der Waals surface area contributed by atoms with Crippen LogP contribution in [0.25, 0.3) is 0 Å². The van der Waals surface area contributed by atoms with Crippen LogP contribution in [-0.2, 0) is 14.8 Å². The molecule has 3 aromatic carbocycles. The minimum absolute atomic E-state index is 0.0153. The number of rotatable bonds is 9. The van der Waals surface area contributed by atoms with E-state index < -0.39 is 22.5 Å². The van der Waals surface area contributed by atoms with E-state index >= 15 is 0 Å². The molecule has 10 nitrogen and oxygen atoms in total. The average Bonchev–Trinajstić information content (AvgIpc) is 3.35. The highest BCUT2D eigenvalue weighted by atomic mass is 32.2. The van der Waals surface area contributed by atoms with Crippen LogP contribution in [-0.4, -0.2) is 48.1 Å². The van der Waals surface area contributed by atoms with E-state index in [-0.39, 0.29) is 23.1 Å². The molecule has 0 spiro atoms. The lowest BCUT2D eigenvalue weighted by Crippen LogP contribution is -2.39. The second-order valence-electron chi connectivity index (χ2n) is 7.27. The van der Waals surface area contributed by atoms with Crippen LogP contribution in [0.5, 0.6) is 23.0 Å². The molecule has 182 valence electrons. The van der Waals surface area contributed by atoms with Gasteiger partial charge in [0.15, 0.2) is 11.5 Å². The summed E-state index contributed by atoms with van der Waals surface area (Å²) >= 11 is 0. The smallest absolute Gasteiger partial charge is 0.264 e. The van der Waals surface area contributed by atoms with Crippen LogP contribution in [0.15, 0.2) is 76.7 Å². The summed E-state index contributed by atoms with van der Waals surface area (Å²) in [5, 5.41) is 3.95. The number of methoxy groups -OCH3 is 2. The number of nitrogens with one attached hydrogen (secondary N) is 1. The molecule has 0 unspecified atom stereocenters. The summed E-state index contributed by atoms with van der Waals surface area (Å²) in [4.78, 5) is 12.8. The van der Waals surface area contributed by atoms with Gasteiger partial charge in [0.25, 0.3) is 15.9 Å². The first-order valence-electron chi connectivity index (χ1n) is 10.4. The summed E-state index contributed by atoms with van der Waals surface area (Å²) in [6.45, 7) is -0.411. The standard InChI is InChI=1S/C24H23N3O7S/c1-31-18-9-11-21(32-2)20(13-18)27(35(29,30)19-6-4-3-5-7-19)15-24(28)26-25-14-17-8-10-22-23(12-17)34-16-33-22/h3-14H,15-16H2,1-2H3,(H,26,28)/b25-14-. The number of amides is 1. The molecule has 0 saturated carbocycles. The summed E-state index contributed by atoms with van der Waals surface area (Å²) in [5.41, 5.74) is 3.18. The zero-order valence-corrected chi connectivity index (χ0v) is 19.8. The summed E-state index contributed by atoms with van der Waals surface area (Å²) in [7, 11) is -1.27. The quantitative estimate of drug-likeness (QED) is 0.357. The van der Waals surface area contributed by atoms with Gasteiger partial charge in [-0.2, -0.15) is 5.10 Å². The van der Waals surface area contributed by atoms with Gasteiger partial charge >= 0.3 is 0 Å². The maximum atomic E-state index is 13.5. The van der Waals surface area contributed by atoms with Gasteiger partial charge in [0, 0.05) is 6.07 Å². The van der Waals surface area contributed by atoms with Gasteiger partial charge in [-0.3, -0.25) is 9.10 Å². The summed E-state index contributed by atoms with van der Waals surface area (Å²) in [6, 6.07) is 17.7. The van der Waals surface area contributed by atoms with Crippen LogP contribution in [0.2, 0.25) is 0 Å². The van der Waals surface area contributed by atoms with Crippen molar-refractivity contribution in [1.29, 1.82) is 0 Å². The second-order valence-corrected chi connectivity index (χ2v) is 9.13. The topological polar surface area (TPSA) is 116 Å². The number of benzene rings is 3. The SMILES string of the molecule is COc1ccc(OC)c(N(CC(=O)N/N=C\c2ccc3c(c2)OCO3)S(=O)(=O)c2ccccc2)c1. The van der Waals surface area contributed by atoms with Crippen LogP contribution >= 0.6 is 0 Å². The minimum atomic E-state index is -4.14. The van der Waals surface area contributed by atoms with Crippen LogP contribution in [0.4, 0.5) is 5.69 Å². The van der Waals surface area contributed by atoms with Crippen molar-refractivity contribution in [2.24, 2.45) is 5.10 Å². The molecule has 0 saturated heterocycles. The van der Waals surface area contributed by atoms with Gasteiger partial charge in [0.05, 0.1) is 31.0 Å². The first-order valence-corrected chi connectivity index (χ1v) is 11.9. The van der Waals surface area contributed by atoms with E-state index in [1.807, 2.05) is 0 Å². The van der Waals surface area contributed by atoms with Crippen molar-refractivity contribution in [2.45, 2.75) is 4.90 Å². The fraction of sp³-hybridized carbons (Fsp3) is 0.167. The monoisotopic (exact) mass is 497 g/mol. The Bertz CT molecular complexity index is 1340. The Morgan fingerprint density at radius 1 is 1.03 bits per heavy atom. The molecular weight excluding hydrogens is 474 g/mol. The Kier molecular flexibility index (Phi) is 7.06. The first kappa shape index (κ1) is 23.9. The average molecular weight is 498 g/mol. The lowest BCUT2D eigenvalue weighted by Gasteiger charge is -2.25. The molecule has 1 amide bonds. The first-order chi connectivity index (χ1) is 16.9. The number of carbonyl (C=O) groups is 1. The van der Waals surface area contributed by atoms with Crippen molar-refractivity contribution in [3.8, 4) is 23.0 Å². The van der Waals surface area contributed by atoms with Crippen molar-refractivity contribution in [1.82, 2.24) is 5.43 Å². The maximum Gasteiger partial charge on any atom is 0.264 e. The fourth-order valence-corrected chi connectivity index (χ4v) is 4.79. The highest BCUT2D eigenvalue weighted by Gasteiger charge is 2.29. The Hall–Kier alpha value is -4.25. The van der Waals surface area contributed by atoms with Crippen molar-refractivity contribution in [2.75, 3.05) is 31.9 Å². The Labute approximate surface area is 202 Å². The Morgan fingerprint density at radius 2 is 1.80 bits per heavy atom. The zero-order chi connectivity index (χ0) is 24.8. The van der Waals surface area contributed by atoms with Crippen LogP contribution in [0, 0.1) is 0 Å². The van der Waals surface area contributed by atoms with Crippen LogP contribution in [0.1, 0.15) is 5.56 Å². The number of hydrogen-bond acceptors (Lipinski definition) is 8. The number of carbonyl (C=O) groups excluding carboxylic acids is 1. The number of nitrogens with zero attached hydrogens (tertiary/aromatic N) is 2. The lowest BCUT2D eigenvalue weighted by atomic mass is 10.2. The van der Waals surface area contributed by atoms with E-state index in [0.29, 0.717) is 22.8 Å². The van der Waals surface area contributed by atoms with Crippen molar-refractivity contribution in [3.63, 3.8) is 0 Å². The molecule has 3 aromatic rings. The third-order valence-electron chi connectivity index (χ3n) is 5.07. The summed E-state index contributed by atoms with van der Waals surface area (Å²) < 4.78 is 49.2. The molecule has 11 heteroatoms. The molecule has 1 N–H and O–H groups in total. The number of sulfonamides is 1. The molecule has 0 aromatic heterocycles. The molecule has 0 aliphatic carbocycles. The van der Waals surface area contributed by atoms with Crippen LogP contribution < -0.4 is 28.7 Å². The third kappa shape index (κ3) is 5.30. The van der Waals surface area contributed by atoms with Gasteiger partial charge < -0.3 is 18.9 Å². The van der Waals surface area contributed by atoms with E-state index in [1.54, 1.807) is 48.5 Å². The normalized spacial score (nSPS) is 12.4. The van der Waals surface area contributed by atoms with Gasteiger partial charge in [-0.25, -0.2) is 13.8 Å². The molecule has 0 radical (unpaired) electrons. The Balaban J connectivity index is 1.60. The second kappa shape index (κ2) is 10.3. The number of anilines is 1. The molecule has 35 heavy (non-hydrogen) atoms. The largest absolute Gasteiger partial charge is 0.497 e. The van der Waals surface area contributed by atoms with E-state index in [9.17, 15) is 13.2 Å². The van der Waals surface area contributed by atoms with Gasteiger partial charge in [0.1, 0.15) is 18.0 Å². The van der Waals surface area contributed by atoms with Crippen molar-refractivity contribution in [3.05, 3.63) is 72.3 Å². The molecule has 1 heterocycles. The van der Waals surface area contributed by atoms with Gasteiger partial charge in [-0.15, -0.1) is 0 Å². The van der Waals surface area contributed by atoms with E-state index in [2.05, 4.69) is 10.5 Å². The predicted molar refractivity (Wildman–Crippen MR) is 129 cm³/mol. The van der Waals surface area contributed by atoms with E-state index in [0.717, 1.165) is 4.31 Å². The van der Waals surface area contributed by atoms with E-state index in [4.69, 9.17) is 18.9 Å². The maximum absolute atomic E-state index is 13.5.